The molecule has 0 unspecified atom stereocenters. The van der Waals surface area contributed by atoms with E-state index >= 15 is 0 Å². The number of benzene rings is 1. The maximum atomic E-state index is 12.6. The van der Waals surface area contributed by atoms with Gasteiger partial charge in [0.1, 0.15) is 17.3 Å². The van der Waals surface area contributed by atoms with Crippen LogP contribution in [-0.4, -0.2) is 45.6 Å². The van der Waals surface area contributed by atoms with Crippen molar-refractivity contribution in [3.05, 3.63) is 48.8 Å². The van der Waals surface area contributed by atoms with Crippen molar-refractivity contribution in [2.75, 3.05) is 18.4 Å². The summed E-state index contributed by atoms with van der Waals surface area (Å²) in [5.41, 5.74) is 0.834. The summed E-state index contributed by atoms with van der Waals surface area (Å²) in [6.07, 6.45) is 9.93. The average molecular weight is 434 g/mol. The van der Waals surface area contributed by atoms with Crippen molar-refractivity contribution in [1.82, 2.24) is 19.8 Å². The molecule has 1 aliphatic heterocycles. The molecule has 3 aromatic rings. The average Bonchev–Trinajstić information content (AvgIpc) is 3.55. The first kappa shape index (κ1) is 20.4. The number of hydrogen-bond donors (Lipinski definition) is 2. The zero-order valence-corrected chi connectivity index (χ0v) is 17.9. The summed E-state index contributed by atoms with van der Waals surface area (Å²) >= 11 is 0. The molecule has 3 amide bonds. The molecule has 1 saturated carbocycles. The molecule has 0 bridgehead atoms. The number of likely N-dealkylation sites (tertiary alicyclic amines) is 1. The molecule has 1 aliphatic carbocycles. The van der Waals surface area contributed by atoms with Crippen molar-refractivity contribution in [3.63, 3.8) is 0 Å². The number of rotatable bonds is 4. The number of urea groups is 1. The van der Waals surface area contributed by atoms with E-state index < -0.39 is 0 Å². The number of nitrogens with one attached hydrogen (secondary N) is 2. The Morgan fingerprint density at radius 2 is 1.72 bits per heavy atom. The lowest BCUT2D eigenvalue weighted by Crippen LogP contribution is -2.35. The summed E-state index contributed by atoms with van der Waals surface area (Å²) in [6.45, 7) is 1.56. The summed E-state index contributed by atoms with van der Waals surface area (Å²) in [5, 5.41) is 6.87. The minimum absolute atomic E-state index is 0.0897. The number of carbonyl (C=O) groups is 2. The van der Waals surface area contributed by atoms with Crippen LogP contribution >= 0.6 is 0 Å². The number of carbonyl (C=O) groups excluding carboxylic acids is 2. The Balaban J connectivity index is 1.27. The summed E-state index contributed by atoms with van der Waals surface area (Å²) in [4.78, 5) is 31.0. The molecule has 5 rings (SSSR count). The number of fused-ring (bicyclic) bond motifs is 1. The third-order valence-electron chi connectivity index (χ3n) is 6.16. The highest BCUT2D eigenvalue weighted by Gasteiger charge is 2.20. The zero-order chi connectivity index (χ0) is 21.9. The normalized spacial score (nSPS) is 16.4. The molecule has 8 heteroatoms. The predicted molar refractivity (Wildman–Crippen MR) is 122 cm³/mol. The maximum absolute atomic E-state index is 12.6. The fourth-order valence-electron chi connectivity index (χ4n) is 4.46. The topological polar surface area (TPSA) is 88.5 Å². The van der Waals surface area contributed by atoms with E-state index in [1.165, 1.54) is 12.8 Å². The first-order valence-corrected chi connectivity index (χ1v) is 11.3. The number of hydrogen-bond acceptors (Lipinski definition) is 4. The fraction of sp³-hybridized carbons (Fsp3) is 0.375. The van der Waals surface area contributed by atoms with Gasteiger partial charge in [-0.05, 0) is 56.0 Å². The highest BCUT2D eigenvalue weighted by Crippen LogP contribution is 2.28. The van der Waals surface area contributed by atoms with Gasteiger partial charge in [0.2, 0.25) is 0 Å². The minimum atomic E-state index is -0.134. The van der Waals surface area contributed by atoms with Crippen LogP contribution in [0.15, 0.2) is 48.8 Å². The van der Waals surface area contributed by atoms with E-state index in [9.17, 15) is 9.59 Å². The molecule has 2 aliphatic rings. The standard InChI is InChI=1S/C24H27N5O3/c30-23(28-12-3-4-13-28)27-22-16-20(9-11-25-22)32-19-7-8-21-17(15-19)10-14-29(21)24(31)26-18-5-1-2-6-18/h7-11,14-16,18H,1-6,12-13H2,(H,26,31)(H,25,27,30). The van der Waals surface area contributed by atoms with E-state index in [0.29, 0.717) is 17.3 Å². The molecule has 32 heavy (non-hydrogen) atoms. The molecular weight excluding hydrogens is 406 g/mol. The molecule has 2 aromatic heterocycles. The van der Waals surface area contributed by atoms with Crippen LogP contribution in [0.3, 0.4) is 0 Å². The molecule has 8 nitrogen and oxygen atoms in total. The van der Waals surface area contributed by atoms with Crippen molar-refractivity contribution in [3.8, 4) is 11.5 Å². The van der Waals surface area contributed by atoms with Gasteiger partial charge < -0.3 is 15.0 Å². The summed E-state index contributed by atoms with van der Waals surface area (Å²) < 4.78 is 7.65. The van der Waals surface area contributed by atoms with Gasteiger partial charge in [-0.25, -0.2) is 14.6 Å². The van der Waals surface area contributed by atoms with Crippen LogP contribution in [0.4, 0.5) is 15.4 Å². The number of amides is 3. The fourth-order valence-corrected chi connectivity index (χ4v) is 4.46. The van der Waals surface area contributed by atoms with Crippen LogP contribution in [-0.2, 0) is 0 Å². The highest BCUT2D eigenvalue weighted by atomic mass is 16.5. The van der Waals surface area contributed by atoms with Crippen molar-refractivity contribution in [2.24, 2.45) is 0 Å². The van der Waals surface area contributed by atoms with Crippen LogP contribution < -0.4 is 15.4 Å². The minimum Gasteiger partial charge on any atom is -0.457 e. The number of anilines is 1. The molecule has 0 spiro atoms. The van der Waals surface area contributed by atoms with Gasteiger partial charge in [0.25, 0.3) is 0 Å². The lowest BCUT2D eigenvalue weighted by molar-refractivity contribution is 0.222. The van der Waals surface area contributed by atoms with E-state index in [2.05, 4.69) is 15.6 Å². The van der Waals surface area contributed by atoms with Crippen LogP contribution in [0, 0.1) is 0 Å². The van der Waals surface area contributed by atoms with E-state index in [1.54, 1.807) is 34.0 Å². The number of pyridine rings is 1. The Morgan fingerprint density at radius 3 is 2.53 bits per heavy atom. The summed E-state index contributed by atoms with van der Waals surface area (Å²) in [6, 6.07) is 11.0. The lowest BCUT2D eigenvalue weighted by Gasteiger charge is -2.16. The van der Waals surface area contributed by atoms with Crippen LogP contribution in [0.25, 0.3) is 10.9 Å². The molecule has 166 valence electrons. The number of ether oxygens (including phenoxy) is 1. The Bertz CT molecular complexity index is 1130. The van der Waals surface area contributed by atoms with Gasteiger partial charge in [0, 0.05) is 43.0 Å². The predicted octanol–water partition coefficient (Wildman–Crippen LogP) is 4.96. The molecular formula is C24H27N5O3. The molecule has 2 fully saturated rings. The first-order chi connectivity index (χ1) is 15.7. The van der Waals surface area contributed by atoms with Crippen molar-refractivity contribution < 1.29 is 14.3 Å². The molecule has 3 heterocycles. The Morgan fingerprint density at radius 1 is 0.938 bits per heavy atom. The lowest BCUT2D eigenvalue weighted by atomic mass is 10.2. The van der Waals surface area contributed by atoms with Crippen LogP contribution in [0.2, 0.25) is 0 Å². The van der Waals surface area contributed by atoms with E-state index in [4.69, 9.17) is 4.74 Å². The third-order valence-corrected chi connectivity index (χ3v) is 6.16. The van der Waals surface area contributed by atoms with Gasteiger partial charge in [-0.3, -0.25) is 9.88 Å². The second kappa shape index (κ2) is 8.90. The van der Waals surface area contributed by atoms with Gasteiger partial charge in [0.15, 0.2) is 0 Å². The Kier molecular flexibility index (Phi) is 5.66. The number of aromatic nitrogens is 2. The molecule has 0 radical (unpaired) electrons. The molecule has 0 atom stereocenters. The Labute approximate surface area is 186 Å². The quantitative estimate of drug-likeness (QED) is 0.609. The smallest absolute Gasteiger partial charge is 0.326 e. The van der Waals surface area contributed by atoms with Crippen molar-refractivity contribution in [1.29, 1.82) is 0 Å². The molecule has 1 aromatic carbocycles. The largest absolute Gasteiger partial charge is 0.457 e. The number of nitrogens with zero attached hydrogens (tertiary/aromatic N) is 3. The van der Waals surface area contributed by atoms with Crippen LogP contribution in [0.5, 0.6) is 11.5 Å². The molecule has 2 N–H and O–H groups in total. The third kappa shape index (κ3) is 4.39. The zero-order valence-electron chi connectivity index (χ0n) is 17.9. The van der Waals surface area contributed by atoms with Crippen LogP contribution in [0.1, 0.15) is 38.5 Å². The monoisotopic (exact) mass is 433 g/mol. The van der Waals surface area contributed by atoms with Crippen molar-refractivity contribution >= 4 is 28.8 Å². The van der Waals surface area contributed by atoms with Gasteiger partial charge >= 0.3 is 12.1 Å². The second-order valence-corrected chi connectivity index (χ2v) is 8.44. The summed E-state index contributed by atoms with van der Waals surface area (Å²) in [5.74, 6) is 1.68. The second-order valence-electron chi connectivity index (χ2n) is 8.44. The van der Waals surface area contributed by atoms with Gasteiger partial charge in [-0.2, -0.15) is 0 Å². The van der Waals surface area contributed by atoms with Gasteiger partial charge in [0.05, 0.1) is 5.52 Å². The SMILES string of the molecule is O=C(Nc1cc(Oc2ccc3c(ccn3C(=O)NC3CCCC3)c2)ccn1)N1CCCC1. The van der Waals surface area contributed by atoms with E-state index in [0.717, 1.165) is 49.7 Å². The maximum Gasteiger partial charge on any atom is 0.326 e. The molecule has 1 saturated heterocycles. The Hall–Kier alpha value is -3.55. The summed E-state index contributed by atoms with van der Waals surface area (Å²) in [7, 11) is 0. The van der Waals surface area contributed by atoms with E-state index in [-0.39, 0.29) is 18.1 Å². The highest BCUT2D eigenvalue weighted by molar-refractivity contribution is 5.92. The van der Waals surface area contributed by atoms with E-state index in [1.807, 2.05) is 24.3 Å². The van der Waals surface area contributed by atoms with Crippen molar-refractivity contribution in [2.45, 2.75) is 44.6 Å². The van der Waals surface area contributed by atoms with Gasteiger partial charge in [-0.15, -0.1) is 0 Å². The van der Waals surface area contributed by atoms with Gasteiger partial charge in [-0.1, -0.05) is 12.8 Å². The first-order valence-electron chi connectivity index (χ1n) is 11.3.